The number of para-hydroxylation sites is 1. The number of carbonyl (C=O) groups excluding carboxylic acids is 3. The average Bonchev–Trinajstić information content (AvgIpc) is 3.64. The van der Waals surface area contributed by atoms with E-state index >= 15 is 0 Å². The van der Waals surface area contributed by atoms with Crippen molar-refractivity contribution in [1.82, 2.24) is 30.5 Å². The van der Waals surface area contributed by atoms with Crippen molar-refractivity contribution in [1.29, 1.82) is 0 Å². The van der Waals surface area contributed by atoms with Gasteiger partial charge in [-0.25, -0.2) is 4.68 Å². The Morgan fingerprint density at radius 1 is 1.15 bits per heavy atom. The highest BCUT2D eigenvalue weighted by molar-refractivity contribution is 5.99. The molecule has 3 aliphatic heterocycles. The Balaban J connectivity index is 1.39. The minimum atomic E-state index is -1.21. The van der Waals surface area contributed by atoms with Gasteiger partial charge in [0.2, 0.25) is 17.7 Å². The normalized spacial score (nSPS) is 31.4. The molecule has 7 atom stereocenters. The van der Waals surface area contributed by atoms with Gasteiger partial charge in [0, 0.05) is 7.05 Å². The van der Waals surface area contributed by atoms with E-state index in [0.29, 0.717) is 18.4 Å². The molecule has 1 spiro atoms. The minimum Gasteiger partial charge on any atom is -0.394 e. The lowest BCUT2D eigenvalue weighted by atomic mass is 9.62. The van der Waals surface area contributed by atoms with Gasteiger partial charge in [-0.15, -0.1) is 5.10 Å². The van der Waals surface area contributed by atoms with Crippen LogP contribution in [-0.2, 0) is 32.2 Å². The first-order chi connectivity index (χ1) is 19.2. The molecule has 40 heavy (non-hydrogen) atoms. The molecule has 3 unspecified atom stereocenters. The van der Waals surface area contributed by atoms with Gasteiger partial charge in [0.15, 0.2) is 0 Å². The molecule has 3 N–H and O–H groups in total. The fourth-order valence-corrected chi connectivity index (χ4v) is 7.35. The van der Waals surface area contributed by atoms with Crippen molar-refractivity contribution in [3.8, 4) is 0 Å². The van der Waals surface area contributed by atoms with Crippen molar-refractivity contribution >= 4 is 28.8 Å². The van der Waals surface area contributed by atoms with Crippen LogP contribution in [0.25, 0.3) is 11.0 Å². The van der Waals surface area contributed by atoms with Crippen LogP contribution in [0.4, 0.5) is 0 Å². The van der Waals surface area contributed by atoms with Gasteiger partial charge in [-0.05, 0) is 43.4 Å². The van der Waals surface area contributed by atoms with E-state index in [1.165, 1.54) is 4.90 Å². The third kappa shape index (κ3) is 3.75. The Morgan fingerprint density at radius 2 is 1.88 bits per heavy atom. The minimum absolute atomic E-state index is 0.0345. The van der Waals surface area contributed by atoms with E-state index < -0.39 is 41.0 Å². The Hall–Kier alpha value is -3.83. The number of carbonyl (C=O) groups is 3. The highest BCUT2D eigenvalue weighted by Crippen LogP contribution is 2.65. The molecule has 0 radical (unpaired) electrons. The number of fused-ring (bicyclic) bond motifs is 2. The zero-order valence-electron chi connectivity index (χ0n) is 22.8. The molecule has 2 aromatic carbocycles. The van der Waals surface area contributed by atoms with Crippen molar-refractivity contribution in [2.24, 2.45) is 17.8 Å². The summed E-state index contributed by atoms with van der Waals surface area (Å²) in [5.41, 5.74) is 0.270. The first-order valence-corrected chi connectivity index (χ1v) is 13.7. The molecule has 0 saturated carbocycles. The summed E-state index contributed by atoms with van der Waals surface area (Å²) in [7, 11) is 1.55. The molecule has 3 aromatic rings. The number of hydrogen-bond acceptors (Lipinski definition) is 7. The van der Waals surface area contributed by atoms with Crippen LogP contribution in [0.15, 0.2) is 54.6 Å². The summed E-state index contributed by atoms with van der Waals surface area (Å²) in [6, 6.07) is 15.2. The molecule has 11 nitrogen and oxygen atoms in total. The van der Waals surface area contributed by atoms with E-state index in [4.69, 9.17) is 4.74 Å². The summed E-state index contributed by atoms with van der Waals surface area (Å²) in [5, 5.41) is 24.5. The summed E-state index contributed by atoms with van der Waals surface area (Å²) < 4.78 is 8.29. The molecular weight excluding hydrogens is 512 g/mol. The molecule has 11 heteroatoms. The molecule has 3 saturated heterocycles. The molecular formula is C29H34N6O5. The monoisotopic (exact) mass is 546 g/mol. The number of aromatic nitrogens is 3. The number of nitrogens with one attached hydrogen (secondary N) is 2. The third-order valence-electron chi connectivity index (χ3n) is 9.27. The largest absolute Gasteiger partial charge is 0.394 e. The second-order valence-electron chi connectivity index (χ2n) is 11.4. The van der Waals surface area contributed by atoms with E-state index in [1.54, 1.807) is 11.7 Å². The summed E-state index contributed by atoms with van der Waals surface area (Å²) >= 11 is 0. The molecule has 3 amide bonds. The maximum Gasteiger partial charge on any atom is 0.247 e. The van der Waals surface area contributed by atoms with Crippen LogP contribution >= 0.6 is 0 Å². The second-order valence-corrected chi connectivity index (χ2v) is 11.4. The molecule has 3 fully saturated rings. The zero-order chi connectivity index (χ0) is 28.2. The van der Waals surface area contributed by atoms with Crippen molar-refractivity contribution < 1.29 is 24.2 Å². The quantitative estimate of drug-likeness (QED) is 0.381. The predicted molar refractivity (Wildman–Crippen MR) is 144 cm³/mol. The Morgan fingerprint density at radius 3 is 2.60 bits per heavy atom. The number of rotatable bonds is 8. The van der Waals surface area contributed by atoms with E-state index in [0.717, 1.165) is 11.1 Å². The summed E-state index contributed by atoms with van der Waals surface area (Å²) in [6.07, 6.45) is 0.790. The number of nitrogens with zero attached hydrogens (tertiary/aromatic N) is 4. The summed E-state index contributed by atoms with van der Waals surface area (Å²) in [5.74, 6) is -2.73. The highest BCUT2D eigenvalue weighted by atomic mass is 16.5. The van der Waals surface area contributed by atoms with Gasteiger partial charge in [0.1, 0.15) is 23.8 Å². The third-order valence-corrected chi connectivity index (χ3v) is 9.27. The molecule has 4 heterocycles. The van der Waals surface area contributed by atoms with Crippen LogP contribution in [-0.4, -0.2) is 79.7 Å². The fraction of sp³-hybridized carbons (Fsp3) is 0.483. The van der Waals surface area contributed by atoms with Gasteiger partial charge < -0.3 is 25.4 Å². The summed E-state index contributed by atoms with van der Waals surface area (Å²) in [4.78, 5) is 43.2. The van der Waals surface area contributed by atoms with Crippen LogP contribution in [0.3, 0.4) is 0 Å². The maximum atomic E-state index is 14.3. The van der Waals surface area contributed by atoms with Crippen molar-refractivity contribution in [3.05, 3.63) is 60.2 Å². The molecule has 0 aliphatic carbocycles. The Labute approximate surface area is 231 Å². The number of hydrogen-bond donors (Lipinski definition) is 3. The molecule has 6 rings (SSSR count). The van der Waals surface area contributed by atoms with Gasteiger partial charge >= 0.3 is 0 Å². The van der Waals surface area contributed by atoms with E-state index in [9.17, 15) is 19.5 Å². The van der Waals surface area contributed by atoms with Crippen molar-refractivity contribution in [2.45, 2.75) is 56.6 Å². The molecule has 2 bridgehead atoms. The number of amides is 3. The van der Waals surface area contributed by atoms with Gasteiger partial charge in [-0.1, -0.05) is 54.6 Å². The topological polar surface area (TPSA) is 139 Å². The lowest BCUT2D eigenvalue weighted by Gasteiger charge is -2.37. The first kappa shape index (κ1) is 26.4. The highest BCUT2D eigenvalue weighted by Gasteiger charge is 2.80. The Bertz CT molecular complexity index is 1460. The van der Waals surface area contributed by atoms with E-state index in [2.05, 4.69) is 20.9 Å². The number of ether oxygens (including phenoxy) is 1. The lowest BCUT2D eigenvalue weighted by molar-refractivity contribution is -0.151. The molecule has 1 aromatic heterocycles. The van der Waals surface area contributed by atoms with Crippen LogP contribution in [0.2, 0.25) is 0 Å². The first-order valence-electron chi connectivity index (χ1n) is 13.7. The van der Waals surface area contributed by atoms with E-state index in [-0.39, 0.29) is 31.0 Å². The van der Waals surface area contributed by atoms with Crippen molar-refractivity contribution in [3.63, 3.8) is 0 Å². The second kappa shape index (κ2) is 9.67. The zero-order valence-corrected chi connectivity index (χ0v) is 22.8. The number of likely N-dealkylation sites (tertiary alicyclic amines) is 1. The smallest absolute Gasteiger partial charge is 0.247 e. The molecule has 210 valence electrons. The average molecular weight is 547 g/mol. The number of aliphatic hydroxyl groups is 1. The van der Waals surface area contributed by atoms with Crippen LogP contribution in [0.1, 0.15) is 25.8 Å². The van der Waals surface area contributed by atoms with Gasteiger partial charge in [-0.2, -0.15) is 0 Å². The van der Waals surface area contributed by atoms with Crippen LogP contribution in [0.5, 0.6) is 0 Å². The lowest BCUT2D eigenvalue weighted by Crippen LogP contribution is -2.58. The van der Waals surface area contributed by atoms with Gasteiger partial charge in [0.25, 0.3) is 0 Å². The summed E-state index contributed by atoms with van der Waals surface area (Å²) in [6.45, 7) is 3.55. The van der Waals surface area contributed by atoms with Gasteiger partial charge in [0.05, 0.1) is 35.6 Å². The van der Waals surface area contributed by atoms with Crippen LogP contribution in [0, 0.1) is 17.8 Å². The number of benzene rings is 2. The number of aliphatic hydroxyl groups excluding tert-OH is 1. The standard InChI is InChI=1S/C29H34N6O5/c1-17-14-29-23(22(25(37)30-3)28(17,2)40-29)27(39)35(19(15-36)13-18-9-5-4-6-10-18)24(29)26(38)31-16-34-21-12-8-7-11-20(21)32-33-34/h4-12,17,19,22-24,36H,13-16H2,1-3H3,(H,30,37)(H,31,38)/t17?,19-,22-,23+,24?,28+,29?/m1/s1. The fourth-order valence-electron chi connectivity index (χ4n) is 7.35. The predicted octanol–water partition coefficient (Wildman–Crippen LogP) is 0.865. The van der Waals surface area contributed by atoms with Crippen LogP contribution < -0.4 is 10.6 Å². The molecule has 3 aliphatic rings. The maximum absolute atomic E-state index is 14.3. The Kier molecular flexibility index (Phi) is 6.38. The van der Waals surface area contributed by atoms with E-state index in [1.807, 2.05) is 68.4 Å². The van der Waals surface area contributed by atoms with Gasteiger partial charge in [-0.3, -0.25) is 14.4 Å². The SMILES string of the molecule is CNC(=O)[C@H]1[C@H]2C(=O)N([C@@H](CO)Cc3ccccc3)C(C(=O)NCn3nnc4ccccc43)C23CC(C)[C@]1(C)O3. The van der Waals surface area contributed by atoms with Crippen molar-refractivity contribution in [2.75, 3.05) is 13.7 Å².